The van der Waals surface area contributed by atoms with Crippen molar-refractivity contribution in [3.05, 3.63) is 48.3 Å². The van der Waals surface area contributed by atoms with Gasteiger partial charge in [-0.05, 0) is 42.5 Å². The molecule has 2 amide bonds. The zero-order chi connectivity index (χ0) is 18.5. The van der Waals surface area contributed by atoms with Crippen LogP contribution >= 0.6 is 23.1 Å². The molecule has 26 heavy (non-hydrogen) atoms. The number of aromatic nitrogens is 1. The van der Waals surface area contributed by atoms with Gasteiger partial charge in [0.1, 0.15) is 5.82 Å². The van der Waals surface area contributed by atoms with E-state index in [2.05, 4.69) is 15.6 Å². The molecule has 1 heterocycles. The molecule has 134 valence electrons. The lowest BCUT2D eigenvalue weighted by Gasteiger charge is -2.02. The molecule has 0 fully saturated rings. The first-order chi connectivity index (χ1) is 12.5. The minimum atomic E-state index is -0.274. The minimum absolute atomic E-state index is 0.124. The first kappa shape index (κ1) is 18.3. The van der Waals surface area contributed by atoms with Crippen LogP contribution in [0.4, 0.5) is 15.2 Å². The monoisotopic (exact) mass is 389 g/mol. The molecule has 0 aliphatic rings. The summed E-state index contributed by atoms with van der Waals surface area (Å²) in [6.07, 6.45) is 0.328. The summed E-state index contributed by atoms with van der Waals surface area (Å²) in [6, 6.07) is 11.6. The largest absolute Gasteiger partial charge is 0.326 e. The van der Waals surface area contributed by atoms with Crippen molar-refractivity contribution in [3.8, 4) is 0 Å². The Bertz CT molecular complexity index is 941. The van der Waals surface area contributed by atoms with E-state index in [9.17, 15) is 14.0 Å². The molecule has 8 heteroatoms. The van der Waals surface area contributed by atoms with Crippen molar-refractivity contribution in [1.29, 1.82) is 0 Å². The van der Waals surface area contributed by atoms with Gasteiger partial charge in [-0.25, -0.2) is 9.37 Å². The number of anilines is 2. The van der Waals surface area contributed by atoms with Gasteiger partial charge in [0.25, 0.3) is 0 Å². The van der Waals surface area contributed by atoms with Gasteiger partial charge in [-0.2, -0.15) is 0 Å². The third kappa shape index (κ3) is 5.03. The molecular formula is C18H16FN3O2S2. The predicted molar refractivity (Wildman–Crippen MR) is 104 cm³/mol. The van der Waals surface area contributed by atoms with Crippen molar-refractivity contribution in [2.45, 2.75) is 18.2 Å². The second-order valence-corrected chi connectivity index (χ2v) is 7.68. The van der Waals surface area contributed by atoms with Crippen molar-refractivity contribution in [3.63, 3.8) is 0 Å². The lowest BCUT2D eigenvalue weighted by Crippen LogP contribution is -2.11. The van der Waals surface area contributed by atoms with Crippen LogP contribution in [0.25, 0.3) is 10.2 Å². The van der Waals surface area contributed by atoms with Crippen LogP contribution in [0.5, 0.6) is 0 Å². The van der Waals surface area contributed by atoms with Gasteiger partial charge in [-0.15, -0.1) is 11.8 Å². The van der Waals surface area contributed by atoms with E-state index >= 15 is 0 Å². The van der Waals surface area contributed by atoms with E-state index in [1.165, 1.54) is 42.2 Å². The number of hydrogen-bond acceptors (Lipinski definition) is 5. The number of carbonyl (C=O) groups is 2. The number of nitrogens with zero attached hydrogens (tertiary/aromatic N) is 1. The summed E-state index contributed by atoms with van der Waals surface area (Å²) in [7, 11) is 0. The molecule has 0 saturated carbocycles. The Labute approximate surface area is 158 Å². The van der Waals surface area contributed by atoms with E-state index in [-0.39, 0.29) is 17.6 Å². The fraction of sp³-hybridized carbons (Fsp3) is 0.167. The van der Waals surface area contributed by atoms with Gasteiger partial charge in [0, 0.05) is 29.7 Å². The van der Waals surface area contributed by atoms with E-state index in [1.54, 1.807) is 24.3 Å². The molecule has 2 N–H and O–H groups in total. The molecule has 0 aliphatic carbocycles. The highest BCUT2D eigenvalue weighted by Crippen LogP contribution is 2.28. The second kappa shape index (κ2) is 8.29. The molecule has 0 bridgehead atoms. The van der Waals surface area contributed by atoms with Gasteiger partial charge in [-0.1, -0.05) is 11.3 Å². The van der Waals surface area contributed by atoms with Gasteiger partial charge in [-0.3, -0.25) is 9.59 Å². The summed E-state index contributed by atoms with van der Waals surface area (Å²) < 4.78 is 13.7. The number of thiazole rings is 1. The van der Waals surface area contributed by atoms with E-state index in [0.717, 1.165) is 15.1 Å². The summed E-state index contributed by atoms with van der Waals surface area (Å²) in [4.78, 5) is 28.5. The molecule has 0 spiro atoms. The Hall–Kier alpha value is -2.45. The molecule has 0 saturated heterocycles. The van der Waals surface area contributed by atoms with Crippen LogP contribution in [0.1, 0.15) is 13.3 Å². The first-order valence-corrected chi connectivity index (χ1v) is 9.66. The molecule has 1 aromatic heterocycles. The molecule has 2 aromatic carbocycles. The maximum atomic E-state index is 12.9. The number of thioether (sulfide) groups is 1. The zero-order valence-corrected chi connectivity index (χ0v) is 15.5. The Morgan fingerprint density at radius 3 is 2.65 bits per heavy atom. The summed E-state index contributed by atoms with van der Waals surface area (Å²) in [5.74, 6) is 0.0565. The average molecular weight is 389 g/mol. The van der Waals surface area contributed by atoms with Gasteiger partial charge in [0.05, 0.1) is 10.2 Å². The van der Waals surface area contributed by atoms with E-state index in [1.807, 2.05) is 6.07 Å². The number of hydrogen-bond donors (Lipinski definition) is 2. The number of benzene rings is 2. The molecule has 3 rings (SSSR count). The molecular weight excluding hydrogens is 373 g/mol. The van der Waals surface area contributed by atoms with E-state index in [0.29, 0.717) is 23.0 Å². The topological polar surface area (TPSA) is 71.1 Å². The SMILES string of the molecule is CC(=O)Nc1ccc2nc(NC(=O)CCSc3ccc(F)cc3)sc2c1. The predicted octanol–water partition coefficient (Wildman–Crippen LogP) is 4.51. The minimum Gasteiger partial charge on any atom is -0.326 e. The maximum Gasteiger partial charge on any atom is 0.226 e. The normalized spacial score (nSPS) is 10.7. The highest BCUT2D eigenvalue weighted by Gasteiger charge is 2.09. The summed E-state index contributed by atoms with van der Waals surface area (Å²) in [6.45, 7) is 1.45. The van der Waals surface area contributed by atoms with Crippen LogP contribution in [0.3, 0.4) is 0 Å². The quantitative estimate of drug-likeness (QED) is 0.608. The van der Waals surface area contributed by atoms with Crippen molar-refractivity contribution >= 4 is 55.9 Å². The highest BCUT2D eigenvalue weighted by atomic mass is 32.2. The fourth-order valence-corrected chi connectivity index (χ4v) is 4.01. The Kier molecular flexibility index (Phi) is 5.85. The third-order valence-electron chi connectivity index (χ3n) is 3.37. The number of rotatable bonds is 6. The Morgan fingerprint density at radius 2 is 1.92 bits per heavy atom. The van der Waals surface area contributed by atoms with Crippen LogP contribution in [-0.2, 0) is 9.59 Å². The van der Waals surface area contributed by atoms with Crippen LogP contribution in [0.15, 0.2) is 47.4 Å². The molecule has 0 unspecified atom stereocenters. The van der Waals surface area contributed by atoms with Crippen LogP contribution in [0.2, 0.25) is 0 Å². The van der Waals surface area contributed by atoms with Crippen molar-refractivity contribution < 1.29 is 14.0 Å². The summed E-state index contributed by atoms with van der Waals surface area (Å²) >= 11 is 2.85. The smallest absolute Gasteiger partial charge is 0.226 e. The number of fused-ring (bicyclic) bond motifs is 1. The maximum absolute atomic E-state index is 12.9. The number of nitrogens with one attached hydrogen (secondary N) is 2. The lowest BCUT2D eigenvalue weighted by atomic mass is 10.3. The molecule has 3 aromatic rings. The lowest BCUT2D eigenvalue weighted by molar-refractivity contribution is -0.116. The summed E-state index contributed by atoms with van der Waals surface area (Å²) in [5.41, 5.74) is 1.46. The van der Waals surface area contributed by atoms with Crippen molar-refractivity contribution in [2.75, 3.05) is 16.4 Å². The van der Waals surface area contributed by atoms with Gasteiger partial charge < -0.3 is 10.6 Å². The van der Waals surface area contributed by atoms with Gasteiger partial charge in [0.15, 0.2) is 5.13 Å². The van der Waals surface area contributed by atoms with E-state index < -0.39 is 0 Å². The van der Waals surface area contributed by atoms with Crippen molar-refractivity contribution in [2.24, 2.45) is 0 Å². The molecule has 0 radical (unpaired) electrons. The first-order valence-electron chi connectivity index (χ1n) is 7.86. The van der Waals surface area contributed by atoms with Crippen molar-refractivity contribution in [1.82, 2.24) is 4.98 Å². The van der Waals surface area contributed by atoms with Gasteiger partial charge in [0.2, 0.25) is 11.8 Å². The number of halogens is 1. The van der Waals surface area contributed by atoms with Gasteiger partial charge >= 0.3 is 0 Å². The van der Waals surface area contributed by atoms with E-state index in [4.69, 9.17) is 0 Å². The molecule has 0 atom stereocenters. The second-order valence-electron chi connectivity index (χ2n) is 5.48. The molecule has 5 nitrogen and oxygen atoms in total. The fourth-order valence-electron chi connectivity index (χ4n) is 2.23. The third-order valence-corrected chi connectivity index (χ3v) is 5.31. The standard InChI is InChI=1S/C18H16FN3O2S2/c1-11(23)20-13-4-7-15-16(10-13)26-18(21-15)22-17(24)8-9-25-14-5-2-12(19)3-6-14/h2-7,10H,8-9H2,1H3,(H,20,23)(H,21,22,24). The zero-order valence-electron chi connectivity index (χ0n) is 13.9. The van der Waals surface area contributed by atoms with Crippen LogP contribution in [0, 0.1) is 5.82 Å². The van der Waals surface area contributed by atoms with Crippen LogP contribution in [-0.4, -0.2) is 22.6 Å². The number of amides is 2. The Morgan fingerprint density at radius 1 is 1.15 bits per heavy atom. The van der Waals surface area contributed by atoms with Crippen LogP contribution < -0.4 is 10.6 Å². The number of carbonyl (C=O) groups excluding carboxylic acids is 2. The molecule has 0 aliphatic heterocycles. The summed E-state index contributed by atoms with van der Waals surface area (Å²) in [5, 5.41) is 6.04. The highest BCUT2D eigenvalue weighted by molar-refractivity contribution is 7.99. The average Bonchev–Trinajstić information content (AvgIpc) is 2.97. The Balaban J connectivity index is 1.55.